The summed E-state index contributed by atoms with van der Waals surface area (Å²) in [6.07, 6.45) is 0.610. The lowest BCUT2D eigenvalue weighted by Crippen LogP contribution is -2.57. The van der Waals surface area contributed by atoms with Gasteiger partial charge in [0.2, 0.25) is 5.91 Å². The van der Waals surface area contributed by atoms with Crippen molar-refractivity contribution in [2.24, 2.45) is 5.73 Å². The smallest absolute Gasteiger partial charge is 0.239 e. The van der Waals surface area contributed by atoms with E-state index in [0.717, 1.165) is 0 Å². The number of hydrogen-bond acceptors (Lipinski definition) is 4. The minimum atomic E-state index is -0.476. The van der Waals surface area contributed by atoms with Crippen molar-refractivity contribution in [3.05, 3.63) is 0 Å². The molecule has 0 aromatic rings. The van der Waals surface area contributed by atoms with Crippen LogP contribution in [0.25, 0.3) is 0 Å². The van der Waals surface area contributed by atoms with E-state index in [1.165, 1.54) is 0 Å². The first-order chi connectivity index (χ1) is 7.85. The van der Waals surface area contributed by atoms with Crippen LogP contribution in [0.4, 0.5) is 0 Å². The van der Waals surface area contributed by atoms with E-state index in [2.05, 4.69) is 0 Å². The summed E-state index contributed by atoms with van der Waals surface area (Å²) in [4.78, 5) is 13.9. The molecule has 5 nitrogen and oxygen atoms in total. The summed E-state index contributed by atoms with van der Waals surface area (Å²) >= 11 is 0. The van der Waals surface area contributed by atoms with Crippen molar-refractivity contribution in [1.82, 2.24) is 4.90 Å². The van der Waals surface area contributed by atoms with Gasteiger partial charge in [0.1, 0.15) is 0 Å². The Bertz CT molecular complexity index is 268. The van der Waals surface area contributed by atoms with Gasteiger partial charge in [-0.05, 0) is 27.2 Å². The van der Waals surface area contributed by atoms with Gasteiger partial charge in [-0.2, -0.15) is 0 Å². The molecule has 1 heterocycles. The molecule has 2 N–H and O–H groups in total. The molecule has 0 aromatic heterocycles. The Morgan fingerprint density at radius 3 is 2.82 bits per heavy atom. The van der Waals surface area contributed by atoms with Gasteiger partial charge >= 0.3 is 0 Å². The maximum atomic E-state index is 12.1. The van der Waals surface area contributed by atoms with Crippen molar-refractivity contribution in [2.45, 2.75) is 44.9 Å². The molecule has 2 atom stereocenters. The van der Waals surface area contributed by atoms with Gasteiger partial charge in [0.25, 0.3) is 0 Å². The summed E-state index contributed by atoms with van der Waals surface area (Å²) in [5.41, 5.74) is 5.56. The number of rotatable bonds is 4. The number of nitrogens with two attached hydrogens (primary N) is 1. The molecule has 0 radical (unpaired) electrons. The average Bonchev–Trinajstić information content (AvgIpc) is 2.21. The Hall–Kier alpha value is -0.650. The second kappa shape index (κ2) is 5.80. The van der Waals surface area contributed by atoms with Crippen LogP contribution in [0.5, 0.6) is 0 Å². The minimum absolute atomic E-state index is 0.00900. The van der Waals surface area contributed by atoms with E-state index in [4.69, 9.17) is 15.2 Å². The first-order valence-corrected chi connectivity index (χ1v) is 6.07. The van der Waals surface area contributed by atoms with Gasteiger partial charge < -0.3 is 20.1 Å². The molecular weight excluding hydrogens is 220 g/mol. The van der Waals surface area contributed by atoms with Crippen LogP contribution in [-0.2, 0) is 14.3 Å². The molecule has 0 aliphatic carbocycles. The van der Waals surface area contributed by atoms with Crippen LogP contribution in [0, 0.1) is 0 Å². The van der Waals surface area contributed by atoms with Gasteiger partial charge in [0.05, 0.1) is 17.7 Å². The second-order valence-corrected chi connectivity index (χ2v) is 5.29. The number of carbonyl (C=O) groups is 1. The van der Waals surface area contributed by atoms with Crippen LogP contribution in [0.15, 0.2) is 0 Å². The summed E-state index contributed by atoms with van der Waals surface area (Å²) < 4.78 is 10.7. The average molecular weight is 244 g/mol. The standard InChI is InChI=1S/C12H24N2O3/c1-9-7-14(8-12(2,3)17-9)11(15)10(13)5-6-16-4/h9-10H,5-8,13H2,1-4H3. The Kier molecular flexibility index (Phi) is 4.91. The SMILES string of the molecule is COCCC(N)C(=O)N1CC(C)OC(C)(C)C1. The zero-order valence-electron chi connectivity index (χ0n) is 11.2. The third-order valence-electron chi connectivity index (χ3n) is 2.83. The highest BCUT2D eigenvalue weighted by molar-refractivity contribution is 5.81. The third-order valence-corrected chi connectivity index (χ3v) is 2.83. The molecule has 2 unspecified atom stereocenters. The Labute approximate surface area is 103 Å². The van der Waals surface area contributed by atoms with Crippen LogP contribution >= 0.6 is 0 Å². The van der Waals surface area contributed by atoms with E-state index in [1.807, 2.05) is 20.8 Å². The zero-order chi connectivity index (χ0) is 13.1. The molecule has 1 amide bonds. The maximum Gasteiger partial charge on any atom is 0.239 e. The lowest BCUT2D eigenvalue weighted by Gasteiger charge is -2.42. The number of amides is 1. The molecule has 5 heteroatoms. The van der Waals surface area contributed by atoms with Gasteiger partial charge in [0.15, 0.2) is 0 Å². The summed E-state index contributed by atoms with van der Waals surface area (Å²) in [5, 5.41) is 0. The molecule has 1 aliphatic heterocycles. The van der Waals surface area contributed by atoms with Crippen LogP contribution in [0.2, 0.25) is 0 Å². The molecule has 1 saturated heterocycles. The number of hydrogen-bond donors (Lipinski definition) is 1. The van der Waals surface area contributed by atoms with Crippen LogP contribution in [0.3, 0.4) is 0 Å². The molecule has 0 saturated carbocycles. The summed E-state index contributed by atoms with van der Waals surface area (Å²) in [5.74, 6) is -0.00900. The second-order valence-electron chi connectivity index (χ2n) is 5.29. The number of methoxy groups -OCH3 is 1. The zero-order valence-corrected chi connectivity index (χ0v) is 11.2. The van der Waals surface area contributed by atoms with Crippen LogP contribution in [-0.4, -0.2) is 55.4 Å². The molecule has 17 heavy (non-hydrogen) atoms. The number of carbonyl (C=O) groups excluding carboxylic acids is 1. The van der Waals surface area contributed by atoms with E-state index in [1.54, 1.807) is 12.0 Å². The summed E-state index contributed by atoms with van der Waals surface area (Å²) in [6.45, 7) is 7.67. The van der Waals surface area contributed by atoms with E-state index < -0.39 is 6.04 Å². The van der Waals surface area contributed by atoms with E-state index >= 15 is 0 Å². The van der Waals surface area contributed by atoms with E-state index in [-0.39, 0.29) is 17.6 Å². The fraction of sp³-hybridized carbons (Fsp3) is 0.917. The van der Waals surface area contributed by atoms with E-state index in [9.17, 15) is 4.79 Å². The van der Waals surface area contributed by atoms with Gasteiger partial charge in [-0.15, -0.1) is 0 Å². The Morgan fingerprint density at radius 2 is 2.29 bits per heavy atom. The highest BCUT2D eigenvalue weighted by Gasteiger charge is 2.35. The lowest BCUT2D eigenvalue weighted by atomic mass is 10.0. The van der Waals surface area contributed by atoms with Crippen molar-refractivity contribution in [3.63, 3.8) is 0 Å². The summed E-state index contributed by atoms with van der Waals surface area (Å²) in [6, 6.07) is -0.476. The molecule has 1 rings (SSSR count). The highest BCUT2D eigenvalue weighted by atomic mass is 16.5. The summed E-state index contributed by atoms with van der Waals surface area (Å²) in [7, 11) is 1.61. The molecule has 0 spiro atoms. The minimum Gasteiger partial charge on any atom is -0.385 e. The van der Waals surface area contributed by atoms with Crippen molar-refractivity contribution in [3.8, 4) is 0 Å². The molecule has 0 aromatic carbocycles. The van der Waals surface area contributed by atoms with E-state index in [0.29, 0.717) is 26.1 Å². The normalized spacial score (nSPS) is 25.7. The maximum absolute atomic E-state index is 12.1. The number of ether oxygens (including phenoxy) is 2. The largest absolute Gasteiger partial charge is 0.385 e. The number of morpholine rings is 1. The fourth-order valence-corrected chi connectivity index (χ4v) is 2.22. The fourth-order valence-electron chi connectivity index (χ4n) is 2.22. The monoisotopic (exact) mass is 244 g/mol. The quantitative estimate of drug-likeness (QED) is 0.776. The molecule has 100 valence electrons. The van der Waals surface area contributed by atoms with Crippen molar-refractivity contribution >= 4 is 5.91 Å². The predicted octanol–water partition coefficient (Wildman–Crippen LogP) is 0.376. The van der Waals surface area contributed by atoms with Crippen molar-refractivity contribution in [1.29, 1.82) is 0 Å². The van der Waals surface area contributed by atoms with Gasteiger partial charge in [-0.3, -0.25) is 4.79 Å². The third kappa shape index (κ3) is 4.26. The van der Waals surface area contributed by atoms with Crippen LogP contribution in [0.1, 0.15) is 27.2 Å². The first-order valence-electron chi connectivity index (χ1n) is 6.07. The molecule has 1 fully saturated rings. The topological polar surface area (TPSA) is 64.8 Å². The highest BCUT2D eigenvalue weighted by Crippen LogP contribution is 2.21. The van der Waals surface area contributed by atoms with Crippen LogP contribution < -0.4 is 5.73 Å². The van der Waals surface area contributed by atoms with Crippen molar-refractivity contribution < 1.29 is 14.3 Å². The van der Waals surface area contributed by atoms with Gasteiger partial charge in [-0.25, -0.2) is 0 Å². The predicted molar refractivity (Wildman–Crippen MR) is 65.7 cm³/mol. The molecule has 0 bridgehead atoms. The molecule has 1 aliphatic rings. The van der Waals surface area contributed by atoms with Gasteiger partial charge in [-0.1, -0.05) is 0 Å². The first kappa shape index (κ1) is 14.4. The molecular formula is C12H24N2O3. The lowest BCUT2D eigenvalue weighted by molar-refractivity contribution is -0.159. The Balaban J connectivity index is 2.56. The van der Waals surface area contributed by atoms with Crippen molar-refractivity contribution in [2.75, 3.05) is 26.8 Å². The van der Waals surface area contributed by atoms with Gasteiger partial charge in [0, 0.05) is 26.8 Å². The number of nitrogens with zero attached hydrogens (tertiary/aromatic N) is 1. The Morgan fingerprint density at radius 1 is 1.65 bits per heavy atom.